The molecule has 2 saturated carbocycles. The smallest absolute Gasteiger partial charge is 0.341 e. The normalized spacial score (nSPS) is 17.3. The summed E-state index contributed by atoms with van der Waals surface area (Å²) in [5.41, 5.74) is 5.70. The number of aromatic nitrogens is 1. The van der Waals surface area contributed by atoms with E-state index < -0.39 is 11.5 Å². The number of carboxylic acids is 1. The van der Waals surface area contributed by atoms with E-state index in [2.05, 4.69) is 36.5 Å². The molecule has 2 heterocycles. The Labute approximate surface area is 175 Å². The van der Waals surface area contributed by atoms with Crippen molar-refractivity contribution in [3.63, 3.8) is 0 Å². The fraction of sp³-hybridized carbons (Fsp3) is 0.360. The van der Waals surface area contributed by atoms with Crippen LogP contribution in [-0.2, 0) is 0 Å². The van der Waals surface area contributed by atoms with E-state index in [9.17, 15) is 14.7 Å². The van der Waals surface area contributed by atoms with Gasteiger partial charge >= 0.3 is 5.97 Å². The van der Waals surface area contributed by atoms with Gasteiger partial charge in [0.2, 0.25) is 0 Å². The Balaban J connectivity index is 1.65. The molecule has 3 aromatic rings. The third kappa shape index (κ3) is 3.33. The summed E-state index contributed by atoms with van der Waals surface area (Å²) in [7, 11) is 0. The Morgan fingerprint density at radius 3 is 2.60 bits per heavy atom. The number of benzene rings is 1. The Morgan fingerprint density at radius 1 is 1.17 bits per heavy atom. The third-order valence-electron chi connectivity index (χ3n) is 6.42. The second kappa shape index (κ2) is 7.10. The average molecular weight is 402 g/mol. The number of rotatable bonds is 6. The lowest BCUT2D eigenvalue weighted by molar-refractivity contribution is 0.0694. The molecule has 0 aliphatic heterocycles. The highest BCUT2D eigenvalue weighted by Gasteiger charge is 2.29. The Bertz CT molecular complexity index is 1220. The Hall–Kier alpha value is -2.92. The van der Waals surface area contributed by atoms with Crippen molar-refractivity contribution in [1.82, 2.24) is 9.72 Å². The molecule has 30 heavy (non-hydrogen) atoms. The summed E-state index contributed by atoms with van der Waals surface area (Å²) in [4.78, 5) is 24.4. The quantitative estimate of drug-likeness (QED) is 0.629. The second-order valence-electron chi connectivity index (χ2n) is 8.76. The van der Waals surface area contributed by atoms with Gasteiger partial charge in [-0.3, -0.25) is 9.20 Å². The molecule has 2 aromatic heterocycles. The maximum atomic E-state index is 12.8. The molecule has 0 bridgehead atoms. The molecule has 5 nitrogen and oxygen atoms in total. The van der Waals surface area contributed by atoms with Gasteiger partial charge in [-0.05, 0) is 91.5 Å². The second-order valence-corrected chi connectivity index (χ2v) is 8.76. The summed E-state index contributed by atoms with van der Waals surface area (Å²) in [6, 6.07) is 13.0. The van der Waals surface area contributed by atoms with E-state index in [1.807, 2.05) is 13.0 Å². The highest BCUT2D eigenvalue weighted by molar-refractivity contribution is 5.89. The summed E-state index contributed by atoms with van der Waals surface area (Å²) < 4.78 is 1.52. The number of carboxylic acid groups (broad SMARTS) is 1. The van der Waals surface area contributed by atoms with Gasteiger partial charge in [-0.2, -0.15) is 0 Å². The minimum Gasteiger partial charge on any atom is -0.477 e. The van der Waals surface area contributed by atoms with Gasteiger partial charge in [0.25, 0.3) is 5.56 Å². The highest BCUT2D eigenvalue weighted by atomic mass is 16.4. The number of hydrogen-bond acceptors (Lipinski definition) is 3. The molecule has 5 rings (SSSR count). The van der Waals surface area contributed by atoms with E-state index >= 15 is 0 Å². The zero-order valence-corrected chi connectivity index (χ0v) is 17.3. The molecule has 1 unspecified atom stereocenters. The number of aromatic carboxylic acids is 1. The van der Waals surface area contributed by atoms with Crippen LogP contribution < -0.4 is 10.9 Å². The van der Waals surface area contributed by atoms with Crippen LogP contribution in [-0.4, -0.2) is 21.5 Å². The van der Waals surface area contributed by atoms with Crippen molar-refractivity contribution in [2.24, 2.45) is 0 Å². The minimum atomic E-state index is -1.16. The number of hydrogen-bond donors (Lipinski definition) is 2. The largest absolute Gasteiger partial charge is 0.477 e. The van der Waals surface area contributed by atoms with Gasteiger partial charge in [-0.25, -0.2) is 4.79 Å². The van der Waals surface area contributed by atoms with Crippen molar-refractivity contribution in [1.29, 1.82) is 0 Å². The standard InChI is InChI=1S/C25H26N2O3/c1-14-20(18-5-3-4-17(12-18)15(2)26-19-8-9-19)10-11-27-23(14)21(16-6-7-16)13-22(24(27)28)25(29)30/h3-5,10-13,15-16,19,26H,6-9H2,1-2H3,(H,29,30). The first kappa shape index (κ1) is 19.1. The number of aryl methyl sites for hydroxylation is 1. The molecule has 2 aliphatic carbocycles. The lowest BCUT2D eigenvalue weighted by atomic mass is 9.94. The third-order valence-corrected chi connectivity index (χ3v) is 6.42. The molecule has 2 aliphatic rings. The molecule has 154 valence electrons. The summed E-state index contributed by atoms with van der Waals surface area (Å²) in [6.45, 7) is 4.23. The number of nitrogens with one attached hydrogen (secondary N) is 1. The van der Waals surface area contributed by atoms with Gasteiger partial charge in [-0.15, -0.1) is 0 Å². The maximum absolute atomic E-state index is 12.8. The van der Waals surface area contributed by atoms with Gasteiger partial charge in [0.1, 0.15) is 5.56 Å². The molecule has 0 spiro atoms. The van der Waals surface area contributed by atoms with Crippen LogP contribution in [0.3, 0.4) is 0 Å². The lowest BCUT2D eigenvalue weighted by Crippen LogP contribution is -2.23. The van der Waals surface area contributed by atoms with Crippen molar-refractivity contribution < 1.29 is 9.90 Å². The maximum Gasteiger partial charge on any atom is 0.341 e. The van der Waals surface area contributed by atoms with E-state index in [0.717, 1.165) is 40.6 Å². The molecule has 5 heteroatoms. The molecule has 0 saturated heterocycles. The SMILES string of the molecule is Cc1c(-c2cccc(C(C)NC3CC3)c2)ccn2c(=O)c(C(=O)O)cc(C3CC3)c12. The van der Waals surface area contributed by atoms with E-state index in [0.29, 0.717) is 18.0 Å². The Morgan fingerprint density at radius 2 is 1.93 bits per heavy atom. The summed E-state index contributed by atoms with van der Waals surface area (Å²) >= 11 is 0. The fourth-order valence-corrected chi connectivity index (χ4v) is 4.44. The molecular formula is C25H26N2O3. The van der Waals surface area contributed by atoms with Crippen LogP contribution in [0.5, 0.6) is 0 Å². The summed E-state index contributed by atoms with van der Waals surface area (Å²) in [6.07, 6.45) is 6.32. The zero-order valence-electron chi connectivity index (χ0n) is 17.3. The van der Waals surface area contributed by atoms with Crippen LogP contribution in [0.25, 0.3) is 16.6 Å². The predicted octanol–water partition coefficient (Wildman–Crippen LogP) is 4.66. The first-order valence-corrected chi connectivity index (χ1v) is 10.7. The van der Waals surface area contributed by atoms with Crippen LogP contribution >= 0.6 is 0 Å². The molecule has 1 atom stereocenters. The van der Waals surface area contributed by atoms with Gasteiger partial charge in [0, 0.05) is 18.3 Å². The Kier molecular flexibility index (Phi) is 4.51. The van der Waals surface area contributed by atoms with E-state index in [1.54, 1.807) is 12.3 Å². The first-order chi connectivity index (χ1) is 14.4. The van der Waals surface area contributed by atoms with E-state index in [4.69, 9.17) is 0 Å². The lowest BCUT2D eigenvalue weighted by Gasteiger charge is -2.17. The van der Waals surface area contributed by atoms with E-state index in [1.165, 1.54) is 22.8 Å². The van der Waals surface area contributed by atoms with Crippen LogP contribution in [0.4, 0.5) is 0 Å². The topological polar surface area (TPSA) is 70.8 Å². The van der Waals surface area contributed by atoms with Crippen LogP contribution in [0.15, 0.2) is 47.4 Å². The number of carbonyl (C=O) groups is 1. The van der Waals surface area contributed by atoms with Crippen molar-refractivity contribution in [3.05, 3.63) is 75.2 Å². The van der Waals surface area contributed by atoms with Crippen molar-refractivity contribution >= 4 is 11.5 Å². The van der Waals surface area contributed by atoms with E-state index in [-0.39, 0.29) is 5.56 Å². The van der Waals surface area contributed by atoms with Crippen molar-refractivity contribution in [2.45, 2.75) is 57.5 Å². The molecule has 1 aromatic carbocycles. The number of pyridine rings is 2. The molecular weight excluding hydrogens is 376 g/mol. The van der Waals surface area contributed by atoms with Crippen LogP contribution in [0, 0.1) is 6.92 Å². The summed E-state index contributed by atoms with van der Waals surface area (Å²) in [5, 5.41) is 13.1. The molecule has 2 fully saturated rings. The average Bonchev–Trinajstić information content (AvgIpc) is 3.63. The highest BCUT2D eigenvalue weighted by Crippen LogP contribution is 2.43. The molecule has 0 amide bonds. The fourth-order valence-electron chi connectivity index (χ4n) is 4.44. The van der Waals surface area contributed by atoms with Crippen LogP contribution in [0.1, 0.15) is 71.6 Å². The van der Waals surface area contributed by atoms with Gasteiger partial charge < -0.3 is 10.4 Å². The van der Waals surface area contributed by atoms with Gasteiger partial charge in [0.15, 0.2) is 0 Å². The van der Waals surface area contributed by atoms with Gasteiger partial charge in [0.05, 0.1) is 5.52 Å². The number of fused-ring (bicyclic) bond motifs is 1. The van der Waals surface area contributed by atoms with Gasteiger partial charge in [-0.1, -0.05) is 18.2 Å². The first-order valence-electron chi connectivity index (χ1n) is 10.7. The molecule has 0 radical (unpaired) electrons. The monoisotopic (exact) mass is 402 g/mol. The van der Waals surface area contributed by atoms with Crippen LogP contribution in [0.2, 0.25) is 0 Å². The molecule has 2 N–H and O–H groups in total. The zero-order chi connectivity index (χ0) is 21.0. The number of nitrogens with zero attached hydrogens (tertiary/aromatic N) is 1. The summed E-state index contributed by atoms with van der Waals surface area (Å²) in [5.74, 6) is -0.829. The van der Waals surface area contributed by atoms with Crippen molar-refractivity contribution in [3.8, 4) is 11.1 Å². The predicted molar refractivity (Wildman–Crippen MR) is 117 cm³/mol. The minimum absolute atomic E-state index is 0.150. The van der Waals surface area contributed by atoms with Crippen molar-refractivity contribution in [2.75, 3.05) is 0 Å².